The van der Waals surface area contributed by atoms with Gasteiger partial charge in [0.2, 0.25) is 0 Å². The van der Waals surface area contributed by atoms with Gasteiger partial charge in [0.25, 0.3) is 0 Å². The van der Waals surface area contributed by atoms with Crippen LogP contribution in [0.25, 0.3) is 22.3 Å². The second-order valence-corrected chi connectivity index (χ2v) is 9.92. The first-order valence-corrected chi connectivity index (χ1v) is 13.8. The molecule has 0 spiro atoms. The van der Waals surface area contributed by atoms with Crippen molar-refractivity contribution in [3.8, 4) is 22.3 Å². The summed E-state index contributed by atoms with van der Waals surface area (Å²) >= 11 is 3.42. The minimum absolute atomic E-state index is 0.822. The Labute approximate surface area is 240 Å². The molecule has 0 heterocycles. The van der Waals surface area contributed by atoms with Gasteiger partial charge in [0.15, 0.2) is 0 Å². The average molecular weight is 571 g/mol. The Hall–Kier alpha value is -4.40. The average Bonchev–Trinajstić information content (AvgIpc) is 3.00. The number of benzene rings is 6. The number of para-hydroxylation sites is 1. The first-order valence-electron chi connectivity index (χ1n) is 13.0. The van der Waals surface area contributed by atoms with Crippen LogP contribution in [0.5, 0.6) is 0 Å². The highest BCUT2D eigenvalue weighted by atomic mass is 79.9. The molecule has 0 amide bonds. The third kappa shape index (κ3) is 9.45. The van der Waals surface area contributed by atoms with Crippen molar-refractivity contribution in [3.05, 3.63) is 185 Å². The zero-order chi connectivity index (χ0) is 27.1. The highest BCUT2D eigenvalue weighted by molar-refractivity contribution is 9.10. The molecule has 2 heteroatoms. The van der Waals surface area contributed by atoms with E-state index >= 15 is 0 Å². The molecular weight excluding hydrogens is 538 g/mol. The van der Waals surface area contributed by atoms with Gasteiger partial charge in [0.1, 0.15) is 0 Å². The predicted molar refractivity (Wildman–Crippen MR) is 172 cm³/mol. The van der Waals surface area contributed by atoms with Gasteiger partial charge in [-0.3, -0.25) is 0 Å². The number of halogens is 1. The molecule has 0 saturated carbocycles. The van der Waals surface area contributed by atoms with E-state index in [4.69, 9.17) is 5.73 Å². The van der Waals surface area contributed by atoms with E-state index in [2.05, 4.69) is 143 Å². The smallest absolute Gasteiger partial charge is 0.0313 e. The van der Waals surface area contributed by atoms with E-state index < -0.39 is 0 Å². The standard InChI is InChI=1S/C19H16.C12H9Br.C6H7N/c1-3-7-16(8-4-1)15-17-11-13-19(14-12-17)18-9-5-2-6-10-18;13-12-8-6-11(7-9-12)10-4-2-1-3-5-10;7-6-4-2-1-3-5-6/h1-14H,15H2;1-9H;1-5H,7H2. The Morgan fingerprint density at radius 2 is 0.692 bits per heavy atom. The largest absolute Gasteiger partial charge is 0.399 e. The summed E-state index contributed by atoms with van der Waals surface area (Å²) in [5.41, 5.74) is 13.9. The number of hydrogen-bond donors (Lipinski definition) is 1. The second kappa shape index (κ2) is 15.1. The molecule has 1 nitrogen and oxygen atoms in total. The molecule has 0 aromatic heterocycles. The number of hydrogen-bond acceptors (Lipinski definition) is 1. The fraction of sp³-hybridized carbons (Fsp3) is 0.0270. The van der Waals surface area contributed by atoms with Gasteiger partial charge >= 0.3 is 0 Å². The van der Waals surface area contributed by atoms with E-state index in [0.29, 0.717) is 0 Å². The van der Waals surface area contributed by atoms with E-state index in [0.717, 1.165) is 16.6 Å². The Morgan fingerprint density at radius 1 is 0.359 bits per heavy atom. The van der Waals surface area contributed by atoms with Crippen molar-refractivity contribution < 1.29 is 0 Å². The minimum atomic E-state index is 0.822. The van der Waals surface area contributed by atoms with Crippen molar-refractivity contribution in [1.82, 2.24) is 0 Å². The molecule has 2 N–H and O–H groups in total. The molecule has 6 aromatic carbocycles. The molecule has 0 saturated heterocycles. The number of nitrogen functional groups attached to an aromatic ring is 1. The maximum absolute atomic E-state index is 5.36. The Morgan fingerprint density at radius 3 is 1.10 bits per heavy atom. The zero-order valence-electron chi connectivity index (χ0n) is 21.8. The lowest BCUT2D eigenvalue weighted by Gasteiger charge is -2.05. The van der Waals surface area contributed by atoms with Gasteiger partial charge in [-0.2, -0.15) is 0 Å². The molecule has 0 aliphatic rings. The summed E-state index contributed by atoms with van der Waals surface area (Å²) < 4.78 is 1.12. The Kier molecular flexibility index (Phi) is 10.7. The lowest BCUT2D eigenvalue weighted by Crippen LogP contribution is -1.87. The molecule has 0 unspecified atom stereocenters. The topological polar surface area (TPSA) is 26.0 Å². The summed E-state index contributed by atoms with van der Waals surface area (Å²) in [5.74, 6) is 0. The third-order valence-corrected chi connectivity index (χ3v) is 6.59. The Bertz CT molecular complexity index is 1480. The normalized spacial score (nSPS) is 9.87. The first-order chi connectivity index (χ1) is 19.2. The van der Waals surface area contributed by atoms with Gasteiger partial charge < -0.3 is 5.73 Å². The summed E-state index contributed by atoms with van der Waals surface area (Å²) in [5, 5.41) is 0. The van der Waals surface area contributed by atoms with Gasteiger partial charge in [-0.25, -0.2) is 0 Å². The van der Waals surface area contributed by atoms with Gasteiger partial charge in [-0.05, 0) is 64.1 Å². The van der Waals surface area contributed by atoms with Gasteiger partial charge in [0, 0.05) is 10.2 Å². The van der Waals surface area contributed by atoms with Crippen molar-refractivity contribution in [3.63, 3.8) is 0 Å². The van der Waals surface area contributed by atoms with Crippen LogP contribution in [0.15, 0.2) is 174 Å². The summed E-state index contributed by atoms with van der Waals surface area (Å²) in [6.45, 7) is 0. The van der Waals surface area contributed by atoms with E-state index in [9.17, 15) is 0 Å². The summed E-state index contributed by atoms with van der Waals surface area (Å²) in [4.78, 5) is 0. The van der Waals surface area contributed by atoms with Crippen LogP contribution in [0.2, 0.25) is 0 Å². The molecule has 0 fully saturated rings. The number of rotatable bonds is 4. The third-order valence-electron chi connectivity index (χ3n) is 6.06. The number of anilines is 1. The van der Waals surface area contributed by atoms with Crippen molar-refractivity contribution in [2.45, 2.75) is 6.42 Å². The van der Waals surface area contributed by atoms with Crippen molar-refractivity contribution in [2.24, 2.45) is 0 Å². The fourth-order valence-corrected chi connectivity index (χ4v) is 4.27. The SMILES string of the molecule is Brc1ccc(-c2ccccc2)cc1.Nc1ccccc1.c1ccc(Cc2ccc(-c3ccccc3)cc2)cc1. The highest BCUT2D eigenvalue weighted by Crippen LogP contribution is 2.21. The predicted octanol–water partition coefficient (Wildman–Crippen LogP) is 10.3. The van der Waals surface area contributed by atoms with Crippen LogP contribution in [0.3, 0.4) is 0 Å². The lowest BCUT2D eigenvalue weighted by molar-refractivity contribution is 1.19. The van der Waals surface area contributed by atoms with Crippen LogP contribution in [0.1, 0.15) is 11.1 Å². The molecule has 6 aromatic rings. The monoisotopic (exact) mass is 569 g/mol. The van der Waals surface area contributed by atoms with Gasteiger partial charge in [-0.1, -0.05) is 162 Å². The molecular formula is C37H32BrN. The van der Waals surface area contributed by atoms with Crippen LogP contribution in [-0.4, -0.2) is 0 Å². The number of nitrogens with two attached hydrogens (primary N) is 1. The quantitative estimate of drug-likeness (QED) is 0.210. The first kappa shape index (κ1) is 27.6. The molecule has 0 aliphatic heterocycles. The van der Waals surface area contributed by atoms with E-state index in [1.165, 1.54) is 33.4 Å². The van der Waals surface area contributed by atoms with E-state index in [1.807, 2.05) is 42.5 Å². The maximum atomic E-state index is 5.36. The molecule has 0 aliphatic carbocycles. The van der Waals surface area contributed by atoms with Gasteiger partial charge in [0.05, 0.1) is 0 Å². The summed E-state index contributed by atoms with van der Waals surface area (Å²) in [6, 6.07) is 58.1. The van der Waals surface area contributed by atoms with E-state index in [-0.39, 0.29) is 0 Å². The maximum Gasteiger partial charge on any atom is 0.0313 e. The highest BCUT2D eigenvalue weighted by Gasteiger charge is 1.99. The second-order valence-electron chi connectivity index (χ2n) is 9.01. The molecule has 192 valence electrons. The van der Waals surface area contributed by atoms with Crippen molar-refractivity contribution >= 4 is 21.6 Å². The zero-order valence-corrected chi connectivity index (χ0v) is 23.4. The summed E-state index contributed by atoms with van der Waals surface area (Å²) in [7, 11) is 0. The molecule has 0 atom stereocenters. The van der Waals surface area contributed by atoms with Crippen molar-refractivity contribution in [2.75, 3.05) is 5.73 Å². The van der Waals surface area contributed by atoms with Crippen LogP contribution in [0.4, 0.5) is 5.69 Å². The Balaban J connectivity index is 0.000000152. The molecule has 6 rings (SSSR count). The van der Waals surface area contributed by atoms with Crippen LogP contribution < -0.4 is 5.73 Å². The van der Waals surface area contributed by atoms with Gasteiger partial charge in [-0.15, -0.1) is 0 Å². The minimum Gasteiger partial charge on any atom is -0.399 e. The molecule has 0 radical (unpaired) electrons. The van der Waals surface area contributed by atoms with Crippen LogP contribution >= 0.6 is 15.9 Å². The van der Waals surface area contributed by atoms with Crippen LogP contribution in [0, 0.1) is 0 Å². The summed E-state index contributed by atoms with van der Waals surface area (Å²) in [6.07, 6.45) is 0.996. The molecule has 0 bridgehead atoms. The fourth-order valence-electron chi connectivity index (χ4n) is 4.00. The lowest BCUT2D eigenvalue weighted by atomic mass is 10.0. The van der Waals surface area contributed by atoms with E-state index in [1.54, 1.807) is 0 Å². The molecule has 39 heavy (non-hydrogen) atoms. The van der Waals surface area contributed by atoms with Crippen molar-refractivity contribution in [1.29, 1.82) is 0 Å². The van der Waals surface area contributed by atoms with Crippen LogP contribution in [-0.2, 0) is 6.42 Å².